The van der Waals surface area contributed by atoms with Crippen molar-refractivity contribution in [2.45, 2.75) is 24.0 Å². The molecule has 1 aromatic heterocycles. The third-order valence-electron chi connectivity index (χ3n) is 6.43. The lowest BCUT2D eigenvalue weighted by atomic mass is 9.85. The van der Waals surface area contributed by atoms with E-state index in [-0.39, 0.29) is 30.1 Å². The quantitative estimate of drug-likeness (QED) is 0.496. The van der Waals surface area contributed by atoms with Gasteiger partial charge >= 0.3 is 5.97 Å². The van der Waals surface area contributed by atoms with E-state index < -0.39 is 22.9 Å². The fourth-order valence-corrected chi connectivity index (χ4v) is 4.53. The smallest absolute Gasteiger partial charge is 0.335 e. The molecule has 2 aliphatic rings. The van der Waals surface area contributed by atoms with Crippen LogP contribution in [0.4, 0.5) is 10.2 Å². The van der Waals surface area contributed by atoms with Gasteiger partial charge in [0.2, 0.25) is 0 Å². The van der Waals surface area contributed by atoms with Crippen LogP contribution in [0.15, 0.2) is 60.8 Å². The number of aromatic nitrogens is 1. The summed E-state index contributed by atoms with van der Waals surface area (Å²) in [5, 5.41) is 23.4. The van der Waals surface area contributed by atoms with Gasteiger partial charge in [0.05, 0.1) is 34.8 Å². The van der Waals surface area contributed by atoms with E-state index in [4.69, 9.17) is 16.7 Å². The van der Waals surface area contributed by atoms with Crippen LogP contribution in [0.2, 0.25) is 5.02 Å². The Bertz CT molecular complexity index is 1290. The molecule has 1 saturated heterocycles. The number of rotatable bonds is 6. The van der Waals surface area contributed by atoms with Gasteiger partial charge in [-0.2, -0.15) is 0 Å². The summed E-state index contributed by atoms with van der Waals surface area (Å²) in [4.78, 5) is 30.5. The lowest BCUT2D eigenvalue weighted by Crippen LogP contribution is -2.60. The minimum absolute atomic E-state index is 0.146. The van der Waals surface area contributed by atoms with E-state index in [1.54, 1.807) is 29.2 Å². The van der Waals surface area contributed by atoms with Gasteiger partial charge in [-0.05, 0) is 54.3 Å². The molecule has 0 atom stereocenters. The number of β-amino-alcohol motifs (C(OH)–C–C–N with tert-alkyl or cyclic N) is 1. The number of carbonyl (C=O) groups is 2. The molecule has 3 N–H and O–H groups in total. The standard InChI is InChI=1S/C25H21ClFN3O4/c26-18-11-20(22(31)29-24(8-9-24)16-6-4-15(5-7-16)23(32)33)21(28-12-18)30-13-25(34,14-30)17-2-1-3-19(27)10-17/h1-7,10-12,34H,8-9,13-14H2,(H,29,31)(H,32,33). The number of carboxylic acid groups (broad SMARTS) is 1. The Hall–Kier alpha value is -3.49. The van der Waals surface area contributed by atoms with Crippen LogP contribution in [-0.2, 0) is 11.1 Å². The van der Waals surface area contributed by atoms with Crippen molar-refractivity contribution in [3.63, 3.8) is 0 Å². The number of halogens is 2. The summed E-state index contributed by atoms with van der Waals surface area (Å²) in [5.41, 5.74) is -0.0959. The molecule has 2 heterocycles. The predicted molar refractivity (Wildman–Crippen MR) is 124 cm³/mol. The van der Waals surface area contributed by atoms with Crippen molar-refractivity contribution in [1.82, 2.24) is 10.3 Å². The minimum atomic E-state index is -1.25. The molecule has 1 saturated carbocycles. The Labute approximate surface area is 199 Å². The summed E-state index contributed by atoms with van der Waals surface area (Å²) in [6.45, 7) is 0.292. The zero-order valence-corrected chi connectivity index (χ0v) is 18.7. The van der Waals surface area contributed by atoms with Crippen LogP contribution in [-0.4, -0.2) is 40.2 Å². The number of benzene rings is 2. The summed E-state index contributed by atoms with van der Waals surface area (Å²) in [6, 6.07) is 13.8. The molecule has 34 heavy (non-hydrogen) atoms. The molecule has 0 unspecified atom stereocenters. The normalized spacial score (nSPS) is 17.6. The maximum atomic E-state index is 13.6. The van der Waals surface area contributed by atoms with E-state index in [0.29, 0.717) is 16.4 Å². The maximum absolute atomic E-state index is 13.6. The summed E-state index contributed by atoms with van der Waals surface area (Å²) < 4.78 is 13.6. The third-order valence-corrected chi connectivity index (χ3v) is 6.64. The summed E-state index contributed by atoms with van der Waals surface area (Å²) in [6.07, 6.45) is 2.87. The molecule has 7 nitrogen and oxygen atoms in total. The first kappa shape index (κ1) is 22.3. The third kappa shape index (κ3) is 3.99. The number of nitrogens with one attached hydrogen (secondary N) is 1. The zero-order chi connectivity index (χ0) is 24.1. The van der Waals surface area contributed by atoms with Gasteiger partial charge < -0.3 is 20.4 Å². The van der Waals surface area contributed by atoms with Crippen LogP contribution in [0.1, 0.15) is 44.7 Å². The molecular formula is C25H21ClFN3O4. The first-order valence-electron chi connectivity index (χ1n) is 10.7. The highest BCUT2D eigenvalue weighted by atomic mass is 35.5. The number of pyridine rings is 1. The van der Waals surface area contributed by atoms with Crippen LogP contribution < -0.4 is 10.2 Å². The van der Waals surface area contributed by atoms with Gasteiger partial charge in [0.1, 0.15) is 17.2 Å². The maximum Gasteiger partial charge on any atom is 0.335 e. The molecular weight excluding hydrogens is 461 g/mol. The first-order chi connectivity index (χ1) is 16.2. The van der Waals surface area contributed by atoms with Crippen molar-refractivity contribution in [3.8, 4) is 0 Å². The van der Waals surface area contributed by atoms with Gasteiger partial charge in [-0.15, -0.1) is 0 Å². The van der Waals surface area contributed by atoms with Gasteiger partial charge in [-0.25, -0.2) is 14.2 Å². The van der Waals surface area contributed by atoms with Gasteiger partial charge in [0, 0.05) is 6.20 Å². The van der Waals surface area contributed by atoms with E-state index in [9.17, 15) is 19.1 Å². The molecule has 1 amide bonds. The molecule has 0 spiro atoms. The molecule has 9 heteroatoms. The van der Waals surface area contributed by atoms with Crippen LogP contribution in [0.25, 0.3) is 0 Å². The summed E-state index contributed by atoms with van der Waals surface area (Å²) in [7, 11) is 0. The topological polar surface area (TPSA) is 103 Å². The second-order valence-corrected chi connectivity index (χ2v) is 9.28. The van der Waals surface area contributed by atoms with Crippen LogP contribution >= 0.6 is 11.6 Å². The van der Waals surface area contributed by atoms with Crippen molar-refractivity contribution in [2.24, 2.45) is 0 Å². The predicted octanol–water partition coefficient (Wildman–Crippen LogP) is 3.70. The second kappa shape index (κ2) is 8.07. The van der Waals surface area contributed by atoms with Crippen molar-refractivity contribution in [2.75, 3.05) is 18.0 Å². The highest BCUT2D eigenvalue weighted by Crippen LogP contribution is 2.46. The lowest BCUT2D eigenvalue weighted by molar-refractivity contribution is 0.00665. The van der Waals surface area contributed by atoms with Gasteiger partial charge in [-0.1, -0.05) is 35.9 Å². The summed E-state index contributed by atoms with van der Waals surface area (Å²) >= 11 is 6.14. The number of hydrogen-bond acceptors (Lipinski definition) is 5. The number of hydrogen-bond donors (Lipinski definition) is 3. The minimum Gasteiger partial charge on any atom is -0.478 e. The number of nitrogens with zero attached hydrogens (tertiary/aromatic N) is 2. The van der Waals surface area contributed by atoms with E-state index in [1.165, 1.54) is 36.5 Å². The Balaban J connectivity index is 1.36. The van der Waals surface area contributed by atoms with Crippen molar-refractivity contribution < 1.29 is 24.2 Å². The van der Waals surface area contributed by atoms with E-state index in [2.05, 4.69) is 10.3 Å². The van der Waals surface area contributed by atoms with E-state index >= 15 is 0 Å². The Kier molecular flexibility index (Phi) is 5.30. The fraction of sp³-hybridized carbons (Fsp3) is 0.240. The fourth-order valence-electron chi connectivity index (χ4n) is 4.37. The second-order valence-electron chi connectivity index (χ2n) is 8.84. The molecule has 5 rings (SSSR count). The SMILES string of the molecule is O=C(O)c1ccc(C2(NC(=O)c3cc(Cl)cnc3N3CC(O)(c4cccc(F)c4)C3)CC2)cc1. The number of aliphatic hydroxyl groups is 1. The molecule has 2 aromatic carbocycles. The van der Waals surface area contributed by atoms with Crippen molar-refractivity contribution >= 4 is 29.3 Å². The van der Waals surface area contributed by atoms with Crippen LogP contribution in [0.5, 0.6) is 0 Å². The number of anilines is 1. The van der Waals surface area contributed by atoms with Crippen molar-refractivity contribution in [1.29, 1.82) is 0 Å². The largest absolute Gasteiger partial charge is 0.478 e. The lowest BCUT2D eigenvalue weighted by Gasteiger charge is -2.47. The van der Waals surface area contributed by atoms with Crippen molar-refractivity contribution in [3.05, 3.63) is 93.9 Å². The molecule has 1 aliphatic carbocycles. The molecule has 2 fully saturated rings. The van der Waals surface area contributed by atoms with Crippen LogP contribution in [0.3, 0.4) is 0 Å². The van der Waals surface area contributed by atoms with E-state index in [1.807, 2.05) is 0 Å². The monoisotopic (exact) mass is 481 g/mol. The highest BCUT2D eigenvalue weighted by molar-refractivity contribution is 6.31. The number of aromatic carboxylic acids is 1. The van der Waals surface area contributed by atoms with Gasteiger partial charge in [0.15, 0.2) is 0 Å². The molecule has 0 radical (unpaired) electrons. The highest BCUT2D eigenvalue weighted by Gasteiger charge is 2.47. The summed E-state index contributed by atoms with van der Waals surface area (Å²) in [5.74, 6) is -1.44. The molecule has 3 aromatic rings. The number of amides is 1. The number of carboxylic acids is 1. The Morgan fingerprint density at radius 3 is 2.38 bits per heavy atom. The van der Waals surface area contributed by atoms with Crippen LogP contribution in [0, 0.1) is 5.82 Å². The molecule has 1 aliphatic heterocycles. The molecule has 0 bridgehead atoms. The average molecular weight is 482 g/mol. The Morgan fingerprint density at radius 1 is 1.06 bits per heavy atom. The number of carbonyl (C=O) groups excluding carboxylic acids is 1. The Morgan fingerprint density at radius 2 is 1.76 bits per heavy atom. The van der Waals surface area contributed by atoms with Gasteiger partial charge in [-0.3, -0.25) is 4.79 Å². The zero-order valence-electron chi connectivity index (χ0n) is 18.0. The molecule has 174 valence electrons. The average Bonchev–Trinajstić information content (AvgIpc) is 3.57. The van der Waals surface area contributed by atoms with Gasteiger partial charge in [0.25, 0.3) is 5.91 Å². The first-order valence-corrected chi connectivity index (χ1v) is 11.1. The van der Waals surface area contributed by atoms with E-state index in [0.717, 1.165) is 18.4 Å².